The number of ether oxygens (including phenoxy) is 1. The second kappa shape index (κ2) is 3.78. The number of hydrogen-bond acceptors (Lipinski definition) is 3. The lowest BCUT2D eigenvalue weighted by Gasteiger charge is -2.50. The van der Waals surface area contributed by atoms with Crippen LogP contribution in [0.4, 0.5) is 0 Å². The van der Waals surface area contributed by atoms with E-state index in [1.54, 1.807) is 0 Å². The minimum absolute atomic E-state index is 0.0612. The number of rotatable bonds is 2. The lowest BCUT2D eigenvalue weighted by Crippen LogP contribution is -2.51. The van der Waals surface area contributed by atoms with E-state index >= 15 is 0 Å². The summed E-state index contributed by atoms with van der Waals surface area (Å²) in [5.74, 6) is 0.0427. The van der Waals surface area contributed by atoms with Crippen LogP contribution < -0.4 is 0 Å². The van der Waals surface area contributed by atoms with Crippen molar-refractivity contribution in [1.29, 1.82) is 0 Å². The van der Waals surface area contributed by atoms with Gasteiger partial charge in [-0.05, 0) is 38.5 Å². The fourth-order valence-electron chi connectivity index (χ4n) is 2.10. The molecule has 1 saturated carbocycles. The fraction of sp³-hybridized carbons (Fsp3) is 0.917. The first-order valence-corrected chi connectivity index (χ1v) is 5.52. The maximum Gasteiger partial charge on any atom is 0.310 e. The van der Waals surface area contributed by atoms with Crippen molar-refractivity contribution in [2.24, 2.45) is 17.3 Å². The van der Waals surface area contributed by atoms with E-state index in [-0.39, 0.29) is 29.8 Å². The fourth-order valence-corrected chi connectivity index (χ4v) is 2.10. The van der Waals surface area contributed by atoms with E-state index in [9.17, 15) is 4.79 Å². The van der Waals surface area contributed by atoms with E-state index in [0.717, 1.165) is 6.42 Å². The highest BCUT2D eigenvalue weighted by molar-refractivity contribution is 5.75. The van der Waals surface area contributed by atoms with Gasteiger partial charge in [0.15, 0.2) is 0 Å². The number of aliphatic hydroxyl groups excluding tert-OH is 1. The van der Waals surface area contributed by atoms with Crippen LogP contribution >= 0.6 is 0 Å². The molecule has 0 unspecified atom stereocenters. The Morgan fingerprint density at radius 3 is 2.33 bits per heavy atom. The molecule has 1 aliphatic carbocycles. The SMILES string of the molecule is CC(C)(C)OC(=O)[C@H]1C[C@@H](CO)C1(C)C. The predicted molar refractivity (Wildman–Crippen MR) is 58.3 cm³/mol. The third-order valence-electron chi connectivity index (χ3n) is 3.38. The molecule has 0 aromatic rings. The van der Waals surface area contributed by atoms with Crippen LogP contribution in [0.5, 0.6) is 0 Å². The van der Waals surface area contributed by atoms with Gasteiger partial charge in [0.05, 0.1) is 5.92 Å². The van der Waals surface area contributed by atoms with Crippen molar-refractivity contribution in [1.82, 2.24) is 0 Å². The van der Waals surface area contributed by atoms with Crippen LogP contribution in [0.25, 0.3) is 0 Å². The molecule has 1 fully saturated rings. The first-order chi connectivity index (χ1) is 6.68. The lowest BCUT2D eigenvalue weighted by molar-refractivity contribution is -0.178. The van der Waals surface area contributed by atoms with Crippen LogP contribution in [0, 0.1) is 17.3 Å². The van der Waals surface area contributed by atoms with Crippen molar-refractivity contribution in [3.8, 4) is 0 Å². The van der Waals surface area contributed by atoms with E-state index in [4.69, 9.17) is 9.84 Å². The zero-order valence-corrected chi connectivity index (χ0v) is 10.3. The minimum Gasteiger partial charge on any atom is -0.460 e. The van der Waals surface area contributed by atoms with Crippen LogP contribution in [0.1, 0.15) is 41.0 Å². The van der Waals surface area contributed by atoms with E-state index in [2.05, 4.69) is 0 Å². The summed E-state index contributed by atoms with van der Waals surface area (Å²) >= 11 is 0. The van der Waals surface area contributed by atoms with Crippen LogP contribution in [0.15, 0.2) is 0 Å². The van der Waals surface area contributed by atoms with Crippen LogP contribution in [-0.2, 0) is 9.53 Å². The molecule has 0 heterocycles. The topological polar surface area (TPSA) is 46.5 Å². The molecule has 15 heavy (non-hydrogen) atoms. The second-order valence-electron chi connectivity index (χ2n) is 6.02. The predicted octanol–water partition coefficient (Wildman–Crippen LogP) is 1.98. The van der Waals surface area contributed by atoms with Gasteiger partial charge in [0.2, 0.25) is 0 Å². The number of hydrogen-bond donors (Lipinski definition) is 1. The summed E-state index contributed by atoms with van der Waals surface area (Å²) in [6.45, 7) is 9.82. The molecule has 88 valence electrons. The van der Waals surface area contributed by atoms with Gasteiger partial charge in [-0.1, -0.05) is 13.8 Å². The van der Waals surface area contributed by atoms with Crippen molar-refractivity contribution in [2.45, 2.75) is 46.6 Å². The number of carbonyl (C=O) groups excluding carboxylic acids is 1. The average Bonchev–Trinajstić information content (AvgIpc) is 1.99. The average molecular weight is 214 g/mol. The first-order valence-electron chi connectivity index (χ1n) is 5.52. The molecule has 1 aliphatic rings. The largest absolute Gasteiger partial charge is 0.460 e. The molecular weight excluding hydrogens is 192 g/mol. The molecule has 0 radical (unpaired) electrons. The summed E-state index contributed by atoms with van der Waals surface area (Å²) in [5, 5.41) is 9.10. The molecule has 1 N–H and O–H groups in total. The van der Waals surface area contributed by atoms with Gasteiger partial charge in [-0.15, -0.1) is 0 Å². The molecular formula is C12H22O3. The summed E-state index contributed by atoms with van der Waals surface area (Å²) in [6, 6.07) is 0. The highest BCUT2D eigenvalue weighted by Gasteiger charge is 2.52. The Morgan fingerprint density at radius 2 is 2.00 bits per heavy atom. The number of esters is 1. The third kappa shape index (κ3) is 2.51. The van der Waals surface area contributed by atoms with Gasteiger partial charge in [0.1, 0.15) is 5.60 Å². The second-order valence-corrected chi connectivity index (χ2v) is 6.02. The lowest BCUT2D eigenvalue weighted by atomic mass is 9.55. The molecule has 0 aromatic carbocycles. The standard InChI is InChI=1S/C12H22O3/c1-11(2,3)15-10(14)9-6-8(7-13)12(9,4)5/h8-9,13H,6-7H2,1-5H3/t8-,9+/m0/s1. The third-order valence-corrected chi connectivity index (χ3v) is 3.38. The number of carbonyl (C=O) groups is 1. The zero-order valence-electron chi connectivity index (χ0n) is 10.3. The minimum atomic E-state index is -0.419. The van der Waals surface area contributed by atoms with Crippen molar-refractivity contribution < 1.29 is 14.6 Å². The van der Waals surface area contributed by atoms with Gasteiger partial charge in [-0.3, -0.25) is 4.79 Å². The van der Waals surface area contributed by atoms with E-state index < -0.39 is 5.60 Å². The maximum absolute atomic E-state index is 11.8. The normalized spacial score (nSPS) is 29.5. The Bertz CT molecular complexity index is 250. The first kappa shape index (κ1) is 12.5. The molecule has 0 aromatic heterocycles. The summed E-state index contributed by atoms with van der Waals surface area (Å²) in [7, 11) is 0. The Hall–Kier alpha value is -0.570. The highest BCUT2D eigenvalue weighted by Crippen LogP contribution is 2.51. The van der Waals surface area contributed by atoms with Crippen molar-refractivity contribution >= 4 is 5.97 Å². The Balaban J connectivity index is 2.58. The Morgan fingerprint density at radius 1 is 1.47 bits per heavy atom. The smallest absolute Gasteiger partial charge is 0.310 e. The van der Waals surface area contributed by atoms with Crippen molar-refractivity contribution in [3.05, 3.63) is 0 Å². The van der Waals surface area contributed by atoms with Gasteiger partial charge in [0.25, 0.3) is 0 Å². The van der Waals surface area contributed by atoms with Crippen LogP contribution in [0.2, 0.25) is 0 Å². The van der Waals surface area contributed by atoms with Crippen LogP contribution in [0.3, 0.4) is 0 Å². The van der Waals surface area contributed by atoms with Gasteiger partial charge in [-0.25, -0.2) is 0 Å². The monoisotopic (exact) mass is 214 g/mol. The Labute approximate surface area is 91.8 Å². The van der Waals surface area contributed by atoms with Crippen LogP contribution in [-0.4, -0.2) is 23.3 Å². The van der Waals surface area contributed by atoms with E-state index in [1.807, 2.05) is 34.6 Å². The van der Waals surface area contributed by atoms with Gasteiger partial charge in [0, 0.05) is 6.61 Å². The molecule has 0 saturated heterocycles. The molecule has 3 heteroatoms. The number of aliphatic hydroxyl groups is 1. The molecule has 2 atom stereocenters. The zero-order chi connectivity index (χ0) is 11.9. The van der Waals surface area contributed by atoms with Gasteiger partial charge in [-0.2, -0.15) is 0 Å². The van der Waals surface area contributed by atoms with E-state index in [1.165, 1.54) is 0 Å². The highest BCUT2D eigenvalue weighted by atomic mass is 16.6. The molecule has 3 nitrogen and oxygen atoms in total. The molecule has 0 amide bonds. The summed E-state index contributed by atoms with van der Waals surface area (Å²) in [5.41, 5.74) is -0.547. The van der Waals surface area contributed by atoms with E-state index in [0.29, 0.717) is 0 Å². The quantitative estimate of drug-likeness (QED) is 0.715. The summed E-state index contributed by atoms with van der Waals surface area (Å²) < 4.78 is 5.35. The summed E-state index contributed by atoms with van der Waals surface area (Å²) in [6.07, 6.45) is 0.748. The summed E-state index contributed by atoms with van der Waals surface area (Å²) in [4.78, 5) is 11.8. The molecule has 0 bridgehead atoms. The van der Waals surface area contributed by atoms with Crippen molar-refractivity contribution in [2.75, 3.05) is 6.61 Å². The molecule has 1 rings (SSSR count). The van der Waals surface area contributed by atoms with Gasteiger partial charge < -0.3 is 9.84 Å². The van der Waals surface area contributed by atoms with Crippen molar-refractivity contribution in [3.63, 3.8) is 0 Å². The van der Waals surface area contributed by atoms with Gasteiger partial charge >= 0.3 is 5.97 Å². The Kier molecular flexibility index (Phi) is 3.15. The molecule has 0 aliphatic heterocycles. The maximum atomic E-state index is 11.8. The molecule has 0 spiro atoms.